The molecule has 1 aliphatic rings. The van der Waals surface area contributed by atoms with E-state index in [2.05, 4.69) is 32.0 Å². The molecule has 0 bridgehead atoms. The first-order valence-electron chi connectivity index (χ1n) is 9.05. The van der Waals surface area contributed by atoms with Crippen LogP contribution in [0.4, 0.5) is 4.39 Å². The lowest BCUT2D eigenvalue weighted by molar-refractivity contribution is 0.174. The summed E-state index contributed by atoms with van der Waals surface area (Å²) >= 11 is 6.26. The monoisotopic (exact) mass is 420 g/mol. The molecule has 0 saturated carbocycles. The van der Waals surface area contributed by atoms with Crippen molar-refractivity contribution >= 4 is 11.6 Å². The third-order valence-electron chi connectivity index (χ3n) is 4.77. The number of fused-ring (bicyclic) bond motifs is 5. The highest BCUT2D eigenvalue weighted by atomic mass is 35.5. The molecule has 0 saturated heterocycles. The van der Waals surface area contributed by atoms with Crippen molar-refractivity contribution in [3.63, 3.8) is 0 Å². The first-order valence-corrected chi connectivity index (χ1v) is 9.43. The molecule has 148 valence electrons. The number of hydrogen-bond acceptors (Lipinski definition) is 5. The summed E-state index contributed by atoms with van der Waals surface area (Å²) in [6.07, 6.45) is 2.86. The third-order valence-corrected chi connectivity index (χ3v) is 5.01. The maximum atomic E-state index is 13.1. The first-order chi connectivity index (χ1) is 14.6. The van der Waals surface area contributed by atoms with Gasteiger partial charge in [0.05, 0.1) is 24.1 Å². The second kappa shape index (κ2) is 7.37. The highest BCUT2D eigenvalue weighted by Gasteiger charge is 2.25. The molecule has 9 heteroatoms. The molecule has 0 fully saturated rings. The van der Waals surface area contributed by atoms with E-state index < -0.39 is 5.82 Å². The predicted molar refractivity (Wildman–Crippen MR) is 108 cm³/mol. The molecule has 7 nitrogen and oxygen atoms in total. The van der Waals surface area contributed by atoms with Gasteiger partial charge in [-0.3, -0.25) is 4.57 Å². The van der Waals surface area contributed by atoms with Gasteiger partial charge < -0.3 is 9.30 Å². The summed E-state index contributed by atoms with van der Waals surface area (Å²) in [5, 5.41) is 9.25. The van der Waals surface area contributed by atoms with Crippen molar-refractivity contribution in [1.29, 1.82) is 0 Å². The number of hydrogen-bond donors (Lipinski definition) is 0. The van der Waals surface area contributed by atoms with Gasteiger partial charge in [-0.25, -0.2) is 14.4 Å². The summed E-state index contributed by atoms with van der Waals surface area (Å²) in [6, 6.07) is 8.45. The maximum Gasteiger partial charge on any atom is 0.166 e. The van der Waals surface area contributed by atoms with Crippen LogP contribution >= 0.6 is 11.6 Å². The van der Waals surface area contributed by atoms with Gasteiger partial charge in [0.15, 0.2) is 11.6 Å². The minimum Gasteiger partial charge on any atom is -0.377 e. The predicted octanol–water partition coefficient (Wildman–Crippen LogP) is 3.23. The summed E-state index contributed by atoms with van der Waals surface area (Å²) in [4.78, 5) is 8.48. The number of methoxy groups -OCH3 is 1. The average molecular weight is 421 g/mol. The smallest absolute Gasteiger partial charge is 0.166 e. The first kappa shape index (κ1) is 18.5. The fourth-order valence-electron chi connectivity index (χ4n) is 3.39. The van der Waals surface area contributed by atoms with E-state index in [1.807, 2.05) is 27.3 Å². The number of benzene rings is 1. The quantitative estimate of drug-likeness (QED) is 0.410. The molecule has 4 aromatic rings. The van der Waals surface area contributed by atoms with E-state index in [4.69, 9.17) is 16.3 Å². The fraction of sp³-hybridized carbons (Fsp3) is 0.143. The highest BCUT2D eigenvalue weighted by Crippen LogP contribution is 2.34. The van der Waals surface area contributed by atoms with Gasteiger partial charge in [-0.15, -0.1) is 10.2 Å². The van der Waals surface area contributed by atoms with Crippen molar-refractivity contribution in [3.05, 3.63) is 76.6 Å². The van der Waals surface area contributed by atoms with Gasteiger partial charge in [0.25, 0.3) is 0 Å². The van der Waals surface area contributed by atoms with Gasteiger partial charge in [0, 0.05) is 17.7 Å². The zero-order chi connectivity index (χ0) is 20.7. The molecule has 0 unspecified atom stereocenters. The molecule has 1 aromatic carbocycles. The number of halogens is 2. The van der Waals surface area contributed by atoms with Crippen molar-refractivity contribution in [3.8, 4) is 28.9 Å². The van der Waals surface area contributed by atoms with Crippen LogP contribution in [0, 0.1) is 17.7 Å². The molecule has 0 aliphatic carbocycles. The van der Waals surface area contributed by atoms with Crippen molar-refractivity contribution in [2.45, 2.75) is 13.2 Å². The Kier molecular flexibility index (Phi) is 4.54. The topological polar surface area (TPSA) is 70.7 Å². The summed E-state index contributed by atoms with van der Waals surface area (Å²) in [6.45, 7) is 0.770. The summed E-state index contributed by atoms with van der Waals surface area (Å²) < 4.78 is 22.3. The summed E-state index contributed by atoms with van der Waals surface area (Å²) in [7, 11) is 1.61. The Morgan fingerprint density at radius 2 is 2.07 bits per heavy atom. The van der Waals surface area contributed by atoms with Crippen LogP contribution in [0.2, 0.25) is 5.02 Å². The number of nitrogens with zero attached hydrogens (tertiary/aromatic N) is 6. The molecule has 1 aliphatic heterocycles. The molecule has 3 aromatic heterocycles. The minimum absolute atomic E-state index is 0.317. The SMILES string of the molecule is COCc1nnc2n1Cc1c(C#Cc3ccc(F)cn3)ncn1-c1ccc(Cl)cc1-2. The lowest BCUT2D eigenvalue weighted by Crippen LogP contribution is -2.09. The Labute approximate surface area is 176 Å². The second-order valence-electron chi connectivity index (χ2n) is 6.64. The zero-order valence-electron chi connectivity index (χ0n) is 15.8. The van der Waals surface area contributed by atoms with Gasteiger partial charge in [-0.1, -0.05) is 11.6 Å². The van der Waals surface area contributed by atoms with Gasteiger partial charge in [0.1, 0.15) is 30.1 Å². The number of aromatic nitrogens is 6. The van der Waals surface area contributed by atoms with E-state index in [1.54, 1.807) is 13.4 Å². The number of pyridine rings is 1. The molecule has 4 heterocycles. The van der Waals surface area contributed by atoms with Crippen LogP contribution in [0.3, 0.4) is 0 Å². The van der Waals surface area contributed by atoms with Crippen LogP contribution in [0.5, 0.6) is 0 Å². The van der Waals surface area contributed by atoms with E-state index in [0.29, 0.717) is 41.2 Å². The van der Waals surface area contributed by atoms with Crippen LogP contribution in [0.1, 0.15) is 22.9 Å². The van der Waals surface area contributed by atoms with E-state index >= 15 is 0 Å². The number of ether oxygens (including phenoxy) is 1. The molecular formula is C21H14ClFN6O. The van der Waals surface area contributed by atoms with Crippen LogP contribution in [0.15, 0.2) is 42.9 Å². The molecule has 30 heavy (non-hydrogen) atoms. The standard InChI is InChI=1S/C21H14ClFN6O/c1-30-11-20-26-27-21-16-8-13(22)2-7-18(16)29-12-25-17(19(29)10-28(20)21)6-5-15-4-3-14(23)9-24-15/h2-4,7-9,12H,10-11H2,1H3. The molecular weight excluding hydrogens is 407 g/mol. The molecule has 0 spiro atoms. The third kappa shape index (κ3) is 3.14. The lowest BCUT2D eigenvalue weighted by atomic mass is 10.1. The molecule has 0 radical (unpaired) electrons. The van der Waals surface area contributed by atoms with Gasteiger partial charge in [0.2, 0.25) is 0 Å². The van der Waals surface area contributed by atoms with Crippen molar-refractivity contribution in [2.24, 2.45) is 0 Å². The van der Waals surface area contributed by atoms with Gasteiger partial charge >= 0.3 is 0 Å². The van der Waals surface area contributed by atoms with Crippen LogP contribution in [0.25, 0.3) is 17.1 Å². The van der Waals surface area contributed by atoms with Crippen LogP contribution in [-0.4, -0.2) is 36.4 Å². The molecule has 0 amide bonds. The summed E-state index contributed by atoms with van der Waals surface area (Å²) in [5.41, 5.74) is 3.64. The Hall–Kier alpha value is -3.54. The Morgan fingerprint density at radius 3 is 2.87 bits per heavy atom. The normalized spacial score (nSPS) is 11.7. The van der Waals surface area contributed by atoms with Crippen molar-refractivity contribution in [1.82, 2.24) is 29.3 Å². The number of imidazole rings is 1. The van der Waals surface area contributed by atoms with Crippen molar-refractivity contribution < 1.29 is 9.13 Å². The molecule has 5 rings (SSSR count). The van der Waals surface area contributed by atoms with Crippen molar-refractivity contribution in [2.75, 3.05) is 7.11 Å². The Balaban J connectivity index is 1.67. The zero-order valence-corrected chi connectivity index (χ0v) is 16.6. The van der Waals surface area contributed by atoms with Crippen LogP contribution in [-0.2, 0) is 17.9 Å². The average Bonchev–Trinajstić information content (AvgIpc) is 3.29. The van der Waals surface area contributed by atoms with E-state index in [9.17, 15) is 4.39 Å². The van der Waals surface area contributed by atoms with Crippen LogP contribution < -0.4 is 0 Å². The highest BCUT2D eigenvalue weighted by molar-refractivity contribution is 6.31. The lowest BCUT2D eigenvalue weighted by Gasteiger charge is -2.08. The molecule has 0 atom stereocenters. The summed E-state index contributed by atoms with van der Waals surface area (Å²) in [5.74, 6) is 6.98. The van der Waals surface area contributed by atoms with Gasteiger partial charge in [-0.05, 0) is 42.2 Å². The van der Waals surface area contributed by atoms with E-state index in [1.165, 1.54) is 12.1 Å². The van der Waals surface area contributed by atoms with E-state index in [0.717, 1.165) is 23.1 Å². The van der Waals surface area contributed by atoms with Gasteiger partial charge in [-0.2, -0.15) is 0 Å². The fourth-order valence-corrected chi connectivity index (χ4v) is 3.57. The van der Waals surface area contributed by atoms with E-state index in [-0.39, 0.29) is 0 Å². The maximum absolute atomic E-state index is 13.1. The second-order valence-corrected chi connectivity index (χ2v) is 7.08. The largest absolute Gasteiger partial charge is 0.377 e. The Morgan fingerprint density at radius 1 is 1.17 bits per heavy atom. The number of rotatable bonds is 2. The minimum atomic E-state index is -0.405. The molecule has 0 N–H and O–H groups in total. The Bertz CT molecular complexity index is 1320.